The van der Waals surface area contributed by atoms with Crippen LogP contribution in [0.3, 0.4) is 0 Å². The Labute approximate surface area is 193 Å². The van der Waals surface area contributed by atoms with Gasteiger partial charge in [-0.3, -0.25) is 14.4 Å². The number of ketones is 1. The Morgan fingerprint density at radius 2 is 1.73 bits per heavy atom. The molecule has 0 saturated carbocycles. The maximum Gasteiger partial charge on any atom is 0.246 e. The van der Waals surface area contributed by atoms with E-state index in [4.69, 9.17) is 4.74 Å². The highest BCUT2D eigenvalue weighted by Gasteiger charge is 2.45. The Morgan fingerprint density at radius 1 is 0.939 bits per heavy atom. The zero-order valence-electron chi connectivity index (χ0n) is 19.0. The second-order valence-corrected chi connectivity index (χ2v) is 9.19. The SMILES string of the molecule is COc1ccc2cc1[C@H]1C=C(CCC1=O)C[C@H]1C(=O)N(C)[C@@H](C2)C(=O)N1Cc1ccccc1. The fraction of sp³-hybridized carbons (Fsp3) is 0.370. The summed E-state index contributed by atoms with van der Waals surface area (Å²) in [6, 6.07) is 14.4. The Hall–Kier alpha value is -3.41. The molecule has 6 nitrogen and oxygen atoms in total. The van der Waals surface area contributed by atoms with Crippen molar-refractivity contribution in [2.45, 2.75) is 50.2 Å². The third-order valence-corrected chi connectivity index (χ3v) is 7.20. The van der Waals surface area contributed by atoms with Crippen LogP contribution in [0.4, 0.5) is 0 Å². The van der Waals surface area contributed by atoms with Crippen LogP contribution in [0.15, 0.2) is 60.2 Å². The van der Waals surface area contributed by atoms with E-state index in [-0.39, 0.29) is 23.5 Å². The molecule has 2 aromatic rings. The topological polar surface area (TPSA) is 66.9 Å². The van der Waals surface area contributed by atoms with Gasteiger partial charge in [-0.1, -0.05) is 54.1 Å². The lowest BCUT2D eigenvalue weighted by Gasteiger charge is -2.44. The van der Waals surface area contributed by atoms with Crippen molar-refractivity contribution in [1.29, 1.82) is 0 Å². The number of carbonyl (C=O) groups excluding carboxylic acids is 3. The van der Waals surface area contributed by atoms with Gasteiger partial charge in [-0.05, 0) is 30.0 Å². The molecule has 1 saturated heterocycles. The number of nitrogens with zero attached hydrogens (tertiary/aromatic N) is 2. The maximum atomic E-state index is 13.8. The van der Waals surface area contributed by atoms with Crippen molar-refractivity contribution in [1.82, 2.24) is 9.80 Å². The second kappa shape index (κ2) is 8.50. The molecule has 4 aliphatic rings. The summed E-state index contributed by atoms with van der Waals surface area (Å²) in [6.07, 6.45) is 3.88. The van der Waals surface area contributed by atoms with Gasteiger partial charge in [0.1, 0.15) is 23.6 Å². The van der Waals surface area contributed by atoms with Crippen LogP contribution in [-0.2, 0) is 27.3 Å². The summed E-state index contributed by atoms with van der Waals surface area (Å²) in [7, 11) is 3.34. The van der Waals surface area contributed by atoms with Crippen molar-refractivity contribution in [3.63, 3.8) is 0 Å². The highest BCUT2D eigenvalue weighted by molar-refractivity contribution is 5.97. The highest BCUT2D eigenvalue weighted by Crippen LogP contribution is 2.38. The predicted octanol–water partition coefficient (Wildman–Crippen LogP) is 3.25. The van der Waals surface area contributed by atoms with Gasteiger partial charge in [-0.25, -0.2) is 0 Å². The number of rotatable bonds is 3. The molecule has 3 heterocycles. The molecule has 0 N–H and O–H groups in total. The maximum absolute atomic E-state index is 13.8. The van der Waals surface area contributed by atoms with Gasteiger partial charge in [0, 0.05) is 32.0 Å². The van der Waals surface area contributed by atoms with E-state index in [9.17, 15) is 14.4 Å². The summed E-state index contributed by atoms with van der Waals surface area (Å²) in [5.74, 6) is 0.384. The van der Waals surface area contributed by atoms with Crippen LogP contribution in [-0.4, -0.2) is 53.6 Å². The Balaban J connectivity index is 1.63. The van der Waals surface area contributed by atoms with Gasteiger partial charge < -0.3 is 14.5 Å². The first-order valence-corrected chi connectivity index (χ1v) is 11.5. The Morgan fingerprint density at radius 3 is 2.48 bits per heavy atom. The van der Waals surface area contributed by atoms with Gasteiger partial charge in [0.15, 0.2) is 0 Å². The minimum atomic E-state index is -0.581. The van der Waals surface area contributed by atoms with E-state index in [2.05, 4.69) is 0 Å². The quantitative estimate of drug-likeness (QED) is 0.682. The number of fused-ring (bicyclic) bond motifs is 2. The number of amides is 2. The predicted molar refractivity (Wildman–Crippen MR) is 124 cm³/mol. The van der Waals surface area contributed by atoms with Crippen molar-refractivity contribution in [2.24, 2.45) is 0 Å². The molecule has 0 spiro atoms. The molecule has 1 fully saturated rings. The van der Waals surface area contributed by atoms with Crippen molar-refractivity contribution >= 4 is 17.6 Å². The average molecular weight is 445 g/mol. The lowest BCUT2D eigenvalue weighted by Crippen LogP contribution is -2.63. The monoisotopic (exact) mass is 444 g/mol. The summed E-state index contributed by atoms with van der Waals surface area (Å²) in [6.45, 7) is 0.393. The lowest BCUT2D eigenvalue weighted by atomic mass is 9.80. The largest absolute Gasteiger partial charge is 0.496 e. The normalized spacial score (nSPS) is 24.8. The van der Waals surface area contributed by atoms with Crippen LogP contribution in [0.5, 0.6) is 5.75 Å². The fourth-order valence-corrected chi connectivity index (χ4v) is 5.33. The molecule has 170 valence electrons. The number of hydrogen-bond donors (Lipinski definition) is 0. The van der Waals surface area contributed by atoms with Crippen molar-refractivity contribution in [3.05, 3.63) is 76.9 Å². The van der Waals surface area contributed by atoms with E-state index in [1.54, 1.807) is 24.0 Å². The van der Waals surface area contributed by atoms with E-state index >= 15 is 0 Å². The number of carbonyl (C=O) groups is 3. The number of hydrogen-bond acceptors (Lipinski definition) is 4. The van der Waals surface area contributed by atoms with E-state index < -0.39 is 12.1 Å². The molecule has 1 aliphatic carbocycles. The van der Waals surface area contributed by atoms with Gasteiger partial charge in [0.05, 0.1) is 13.0 Å². The molecule has 2 aromatic carbocycles. The minimum absolute atomic E-state index is 0.0343. The molecule has 0 aromatic heterocycles. The minimum Gasteiger partial charge on any atom is -0.496 e. The van der Waals surface area contributed by atoms with E-state index in [0.29, 0.717) is 38.0 Å². The Kier molecular flexibility index (Phi) is 5.52. The second-order valence-electron chi connectivity index (χ2n) is 9.19. The summed E-state index contributed by atoms with van der Waals surface area (Å²) in [5, 5.41) is 0. The molecule has 6 heteroatoms. The lowest BCUT2D eigenvalue weighted by molar-refractivity contribution is -0.160. The number of ether oxygens (including phenoxy) is 1. The van der Waals surface area contributed by atoms with E-state index in [1.807, 2.05) is 54.6 Å². The first kappa shape index (κ1) is 21.4. The summed E-state index contributed by atoms with van der Waals surface area (Å²) >= 11 is 0. The van der Waals surface area contributed by atoms with Gasteiger partial charge in [0.25, 0.3) is 0 Å². The van der Waals surface area contributed by atoms with Crippen LogP contribution >= 0.6 is 0 Å². The molecule has 0 unspecified atom stereocenters. The highest BCUT2D eigenvalue weighted by atomic mass is 16.5. The number of piperazine rings is 1. The van der Waals surface area contributed by atoms with Gasteiger partial charge in [-0.15, -0.1) is 0 Å². The zero-order chi connectivity index (χ0) is 23.1. The molecule has 33 heavy (non-hydrogen) atoms. The molecule has 2 amide bonds. The molecule has 6 rings (SSSR count). The number of methoxy groups -OCH3 is 1. The fourth-order valence-electron chi connectivity index (χ4n) is 5.33. The third-order valence-electron chi connectivity index (χ3n) is 7.20. The van der Waals surface area contributed by atoms with E-state index in [0.717, 1.165) is 22.3 Å². The standard InChI is InChI=1S/C27H28N2O4/c1-28-22-14-19-9-11-25(33-2)21(13-19)20-12-18(8-10-24(20)30)15-23(26(28)31)29(27(22)32)16-17-6-4-3-5-7-17/h3-7,9,11-13,20,22-23H,8,10,14-16H2,1-2H3/t20-,22+,23+/m1/s1. The zero-order valence-corrected chi connectivity index (χ0v) is 19.0. The van der Waals surface area contributed by atoms with Crippen molar-refractivity contribution in [2.75, 3.05) is 14.2 Å². The van der Waals surface area contributed by atoms with Crippen molar-refractivity contribution in [3.8, 4) is 5.75 Å². The number of Topliss-reactive ketones (excluding diaryl/α,β-unsaturated/α-hetero) is 1. The molecule has 3 aliphatic heterocycles. The van der Waals surface area contributed by atoms with E-state index in [1.165, 1.54) is 0 Å². The molecular formula is C27H28N2O4. The molecule has 6 bridgehead atoms. The first-order chi connectivity index (χ1) is 16.0. The van der Waals surface area contributed by atoms with Crippen LogP contribution in [0.1, 0.15) is 41.9 Å². The van der Waals surface area contributed by atoms with Crippen LogP contribution < -0.4 is 4.74 Å². The summed E-state index contributed by atoms with van der Waals surface area (Å²) in [5.41, 5.74) is 3.80. The smallest absolute Gasteiger partial charge is 0.246 e. The summed E-state index contributed by atoms with van der Waals surface area (Å²) < 4.78 is 5.57. The van der Waals surface area contributed by atoms with Gasteiger partial charge in [0.2, 0.25) is 11.8 Å². The van der Waals surface area contributed by atoms with Crippen LogP contribution in [0.2, 0.25) is 0 Å². The van der Waals surface area contributed by atoms with Crippen LogP contribution in [0.25, 0.3) is 0 Å². The molecule has 0 radical (unpaired) electrons. The first-order valence-electron chi connectivity index (χ1n) is 11.5. The van der Waals surface area contributed by atoms with Crippen LogP contribution in [0, 0.1) is 0 Å². The summed E-state index contributed by atoms with van der Waals surface area (Å²) in [4.78, 5) is 43.6. The average Bonchev–Trinajstić information content (AvgIpc) is 2.83. The number of benzene rings is 2. The van der Waals surface area contributed by atoms with Crippen molar-refractivity contribution < 1.29 is 19.1 Å². The molecular weight excluding hydrogens is 416 g/mol. The number of allylic oxidation sites excluding steroid dienone is 1. The Bertz CT molecular complexity index is 1140. The number of likely N-dealkylation sites (N-methyl/N-ethyl adjacent to an activating group) is 1. The molecule has 3 atom stereocenters. The van der Waals surface area contributed by atoms with Gasteiger partial charge >= 0.3 is 0 Å². The third kappa shape index (κ3) is 3.84. The van der Waals surface area contributed by atoms with Gasteiger partial charge in [-0.2, -0.15) is 0 Å².